The second-order valence-corrected chi connectivity index (χ2v) is 7.19. The highest BCUT2D eigenvalue weighted by molar-refractivity contribution is 14.0. The van der Waals surface area contributed by atoms with Crippen molar-refractivity contribution < 1.29 is 17.9 Å². The molecule has 0 bridgehead atoms. The molecule has 0 aliphatic heterocycles. The molecular weight excluding hydrogens is 483 g/mol. The van der Waals surface area contributed by atoms with E-state index in [9.17, 15) is 8.42 Å². The molecule has 0 spiro atoms. The first-order valence-corrected chi connectivity index (χ1v) is 10.5. The van der Waals surface area contributed by atoms with Gasteiger partial charge in [-0.2, -0.15) is 0 Å². The van der Waals surface area contributed by atoms with Gasteiger partial charge in [-0.3, -0.25) is 4.99 Å². The van der Waals surface area contributed by atoms with E-state index in [1.165, 1.54) is 0 Å². The molecular formula is C17H31IN4O4S. The first-order chi connectivity index (χ1) is 12.4. The number of halogens is 1. The van der Waals surface area contributed by atoms with Crippen LogP contribution in [0.4, 0.5) is 0 Å². The average Bonchev–Trinajstić information content (AvgIpc) is 2.56. The van der Waals surface area contributed by atoms with Crippen LogP contribution in [0.1, 0.15) is 26.3 Å². The van der Waals surface area contributed by atoms with Crippen molar-refractivity contribution in [1.29, 1.82) is 0 Å². The van der Waals surface area contributed by atoms with Crippen LogP contribution in [0.5, 0.6) is 11.5 Å². The Morgan fingerprint density at radius 3 is 2.37 bits per heavy atom. The van der Waals surface area contributed by atoms with E-state index >= 15 is 0 Å². The fraction of sp³-hybridized carbons (Fsp3) is 0.588. The minimum atomic E-state index is -3.51. The Labute approximate surface area is 179 Å². The van der Waals surface area contributed by atoms with Crippen molar-refractivity contribution in [3.05, 3.63) is 23.8 Å². The number of nitrogens with zero attached hydrogens (tertiary/aromatic N) is 1. The third-order valence-corrected chi connectivity index (χ3v) is 4.06. The van der Waals surface area contributed by atoms with Crippen LogP contribution >= 0.6 is 24.0 Å². The zero-order valence-corrected chi connectivity index (χ0v) is 19.3. The van der Waals surface area contributed by atoms with Gasteiger partial charge < -0.3 is 20.1 Å². The summed E-state index contributed by atoms with van der Waals surface area (Å²) in [5, 5.41) is 11.2. The van der Waals surface area contributed by atoms with Gasteiger partial charge in [0, 0.05) is 13.1 Å². The highest BCUT2D eigenvalue weighted by Gasteiger charge is 2.07. The first-order valence-electron chi connectivity index (χ1n) is 8.80. The largest absolute Gasteiger partial charge is 0.490 e. The van der Waals surface area contributed by atoms with E-state index in [1.807, 2.05) is 39.0 Å². The van der Waals surface area contributed by atoms with Gasteiger partial charge in [0.2, 0.25) is 10.0 Å². The van der Waals surface area contributed by atoms with E-state index < -0.39 is 10.0 Å². The van der Waals surface area contributed by atoms with Crippen molar-refractivity contribution in [1.82, 2.24) is 10.6 Å². The Kier molecular flexibility index (Phi) is 13.2. The topological polar surface area (TPSA) is 115 Å². The minimum Gasteiger partial charge on any atom is -0.490 e. The molecule has 27 heavy (non-hydrogen) atoms. The zero-order chi connectivity index (χ0) is 19.4. The maximum absolute atomic E-state index is 11.0. The zero-order valence-electron chi connectivity index (χ0n) is 16.2. The van der Waals surface area contributed by atoms with Gasteiger partial charge >= 0.3 is 0 Å². The normalized spacial score (nSPS) is 11.5. The van der Waals surface area contributed by atoms with Gasteiger partial charge in [0.15, 0.2) is 17.5 Å². The number of aliphatic imine (C=N–C) groups is 1. The highest BCUT2D eigenvalue weighted by Crippen LogP contribution is 2.28. The predicted molar refractivity (Wildman–Crippen MR) is 120 cm³/mol. The van der Waals surface area contributed by atoms with Crippen LogP contribution in [0.3, 0.4) is 0 Å². The Morgan fingerprint density at radius 2 is 1.78 bits per heavy atom. The molecule has 0 radical (unpaired) electrons. The Hall–Kier alpha value is -1.27. The minimum absolute atomic E-state index is 0. The molecule has 1 aromatic carbocycles. The summed E-state index contributed by atoms with van der Waals surface area (Å²) >= 11 is 0. The van der Waals surface area contributed by atoms with E-state index in [1.54, 1.807) is 0 Å². The lowest BCUT2D eigenvalue weighted by molar-refractivity contribution is 0.287. The summed E-state index contributed by atoms with van der Waals surface area (Å²) < 4.78 is 33.1. The predicted octanol–water partition coefficient (Wildman–Crippen LogP) is 1.49. The molecule has 0 aliphatic rings. The summed E-state index contributed by atoms with van der Waals surface area (Å²) in [6.07, 6.45) is 0.756. The number of nitrogens with two attached hydrogens (primary N) is 1. The number of benzene rings is 1. The fourth-order valence-corrected chi connectivity index (χ4v) is 2.55. The van der Waals surface area contributed by atoms with E-state index in [2.05, 4.69) is 15.6 Å². The van der Waals surface area contributed by atoms with Gasteiger partial charge in [-0.05, 0) is 44.9 Å². The van der Waals surface area contributed by atoms with E-state index in [4.69, 9.17) is 14.6 Å². The van der Waals surface area contributed by atoms with Gasteiger partial charge in [0.1, 0.15) is 0 Å². The van der Waals surface area contributed by atoms with Crippen LogP contribution in [-0.4, -0.2) is 53.0 Å². The summed E-state index contributed by atoms with van der Waals surface area (Å²) in [6, 6.07) is 5.89. The molecule has 0 saturated heterocycles. The third kappa shape index (κ3) is 11.2. The number of sulfonamides is 1. The third-order valence-electron chi connectivity index (χ3n) is 3.30. The summed E-state index contributed by atoms with van der Waals surface area (Å²) in [5.41, 5.74) is 1.10. The van der Waals surface area contributed by atoms with Crippen molar-refractivity contribution in [2.24, 2.45) is 10.1 Å². The van der Waals surface area contributed by atoms with Gasteiger partial charge in [-0.15, -0.1) is 24.0 Å². The lowest BCUT2D eigenvalue weighted by Gasteiger charge is -2.14. The highest BCUT2D eigenvalue weighted by atomic mass is 127. The Bertz CT molecular complexity index is 684. The van der Waals surface area contributed by atoms with Crippen molar-refractivity contribution >= 4 is 40.0 Å². The quantitative estimate of drug-likeness (QED) is 0.234. The Balaban J connectivity index is 0.00000676. The number of guanidine groups is 1. The second kappa shape index (κ2) is 13.8. The summed E-state index contributed by atoms with van der Waals surface area (Å²) in [6.45, 7) is 8.41. The number of nitrogens with one attached hydrogen (secondary N) is 2. The fourth-order valence-electron chi connectivity index (χ4n) is 2.20. The number of ether oxygens (including phenoxy) is 2. The van der Waals surface area contributed by atoms with Crippen LogP contribution < -0.4 is 25.2 Å². The average molecular weight is 514 g/mol. The number of hydrogen-bond donors (Lipinski definition) is 3. The molecule has 1 aromatic rings. The summed E-state index contributed by atoms with van der Waals surface area (Å²) in [4.78, 5) is 4.21. The van der Waals surface area contributed by atoms with Gasteiger partial charge in [0.05, 0.1) is 25.5 Å². The molecule has 0 amide bonds. The molecule has 4 N–H and O–H groups in total. The van der Waals surface area contributed by atoms with Gasteiger partial charge in [0.25, 0.3) is 0 Å². The molecule has 0 saturated carbocycles. The van der Waals surface area contributed by atoms with Crippen molar-refractivity contribution in [3.8, 4) is 11.5 Å². The standard InChI is InChI=1S/C17H30N4O4S.HI/c1-4-19-17(21-11-12-26(18,22)23)20-10-9-14-7-8-15(24-5-2)16(13-14)25-6-3;/h7-8,13H,4-6,9-12H2,1-3H3,(H2,18,22,23)(H2,19,20,21);1H. The summed E-state index contributed by atoms with van der Waals surface area (Å²) in [7, 11) is -3.51. The molecule has 0 aromatic heterocycles. The monoisotopic (exact) mass is 514 g/mol. The number of rotatable bonds is 11. The molecule has 0 fully saturated rings. The molecule has 0 heterocycles. The SMILES string of the molecule is CCNC(=NCCS(N)(=O)=O)NCCc1ccc(OCC)c(OCC)c1.I. The van der Waals surface area contributed by atoms with Crippen molar-refractivity contribution in [2.45, 2.75) is 27.2 Å². The van der Waals surface area contributed by atoms with Crippen LogP contribution in [0, 0.1) is 0 Å². The molecule has 0 aliphatic carbocycles. The molecule has 1 rings (SSSR count). The number of hydrogen-bond acceptors (Lipinski definition) is 5. The lowest BCUT2D eigenvalue weighted by atomic mass is 10.1. The summed E-state index contributed by atoms with van der Waals surface area (Å²) in [5.74, 6) is 1.86. The molecule has 8 nitrogen and oxygen atoms in total. The smallest absolute Gasteiger partial charge is 0.210 e. The van der Waals surface area contributed by atoms with E-state index in [-0.39, 0.29) is 36.3 Å². The second-order valence-electron chi connectivity index (χ2n) is 5.45. The van der Waals surface area contributed by atoms with E-state index in [0.29, 0.717) is 32.3 Å². The lowest BCUT2D eigenvalue weighted by Crippen LogP contribution is -2.38. The van der Waals surface area contributed by atoms with Gasteiger partial charge in [-0.25, -0.2) is 13.6 Å². The van der Waals surface area contributed by atoms with Crippen molar-refractivity contribution in [3.63, 3.8) is 0 Å². The van der Waals surface area contributed by atoms with Gasteiger partial charge in [-0.1, -0.05) is 6.07 Å². The first kappa shape index (κ1) is 25.7. The maximum atomic E-state index is 11.0. The molecule has 0 unspecified atom stereocenters. The molecule has 0 atom stereocenters. The Morgan fingerprint density at radius 1 is 1.11 bits per heavy atom. The van der Waals surface area contributed by atoms with Crippen LogP contribution in [0.25, 0.3) is 0 Å². The van der Waals surface area contributed by atoms with Crippen molar-refractivity contribution in [2.75, 3.05) is 38.6 Å². The van der Waals surface area contributed by atoms with E-state index in [0.717, 1.165) is 23.5 Å². The van der Waals surface area contributed by atoms with Crippen LogP contribution in [-0.2, 0) is 16.4 Å². The van der Waals surface area contributed by atoms with Crippen LogP contribution in [0.15, 0.2) is 23.2 Å². The number of primary sulfonamides is 1. The molecule has 156 valence electrons. The maximum Gasteiger partial charge on any atom is 0.210 e. The molecule has 10 heteroatoms. The van der Waals surface area contributed by atoms with Crippen LogP contribution in [0.2, 0.25) is 0 Å².